The van der Waals surface area contributed by atoms with E-state index >= 15 is 0 Å². The van der Waals surface area contributed by atoms with Crippen molar-refractivity contribution >= 4 is 28.5 Å². The summed E-state index contributed by atoms with van der Waals surface area (Å²) in [6.07, 6.45) is -0.888. The molecular formula is C11H12ClF2NOS. The zero-order valence-corrected chi connectivity index (χ0v) is 10.5. The van der Waals surface area contributed by atoms with Gasteiger partial charge >= 0.3 is 5.38 Å². The highest BCUT2D eigenvalue weighted by atomic mass is 35.5. The number of nitrogens with two attached hydrogens (primary N) is 1. The average molecular weight is 280 g/mol. The molecule has 0 spiro atoms. The van der Waals surface area contributed by atoms with Crippen LogP contribution in [0.4, 0.5) is 8.78 Å². The summed E-state index contributed by atoms with van der Waals surface area (Å²) in [4.78, 5) is 12.1. The van der Waals surface area contributed by atoms with Crippen LogP contribution >= 0.6 is 23.4 Å². The molecule has 0 saturated carbocycles. The molecule has 1 aromatic carbocycles. The number of hydrogen-bond acceptors (Lipinski definition) is 3. The lowest BCUT2D eigenvalue weighted by Gasteiger charge is -2.06. The van der Waals surface area contributed by atoms with Crippen LogP contribution in [-0.4, -0.2) is 10.5 Å². The van der Waals surface area contributed by atoms with E-state index in [1.165, 1.54) is 0 Å². The first-order valence-electron chi connectivity index (χ1n) is 4.97. The highest BCUT2D eigenvalue weighted by Crippen LogP contribution is 2.28. The van der Waals surface area contributed by atoms with E-state index in [-0.39, 0.29) is 11.5 Å². The SMILES string of the molecule is NCc1ccc(SC(=O)CCC(F)(F)Cl)cc1. The van der Waals surface area contributed by atoms with E-state index in [4.69, 9.17) is 17.3 Å². The summed E-state index contributed by atoms with van der Waals surface area (Å²) in [5.74, 6) is 0. The molecule has 0 unspecified atom stereocenters. The van der Waals surface area contributed by atoms with Crippen LogP contribution < -0.4 is 5.73 Å². The fraction of sp³-hybridized carbons (Fsp3) is 0.364. The summed E-state index contributed by atoms with van der Waals surface area (Å²) in [7, 11) is 0. The van der Waals surface area contributed by atoms with Crippen LogP contribution in [0.1, 0.15) is 18.4 Å². The number of hydrogen-bond donors (Lipinski definition) is 1. The number of benzene rings is 1. The minimum absolute atomic E-state index is 0.250. The van der Waals surface area contributed by atoms with Gasteiger partial charge in [0.2, 0.25) is 0 Å². The number of carbonyl (C=O) groups is 1. The zero-order chi connectivity index (χ0) is 12.9. The van der Waals surface area contributed by atoms with Crippen molar-refractivity contribution in [1.82, 2.24) is 0 Å². The van der Waals surface area contributed by atoms with Crippen LogP contribution in [0.5, 0.6) is 0 Å². The standard InChI is InChI=1S/C11H12ClF2NOS/c12-11(13,14)6-5-10(16)17-9-3-1-8(7-15)2-4-9/h1-4H,5-7,15H2. The lowest BCUT2D eigenvalue weighted by Crippen LogP contribution is -2.07. The first-order valence-corrected chi connectivity index (χ1v) is 6.16. The van der Waals surface area contributed by atoms with Crippen LogP contribution in [0.15, 0.2) is 29.2 Å². The van der Waals surface area contributed by atoms with Crippen molar-refractivity contribution in [2.24, 2.45) is 5.73 Å². The van der Waals surface area contributed by atoms with Gasteiger partial charge in [0.1, 0.15) is 0 Å². The lowest BCUT2D eigenvalue weighted by molar-refractivity contribution is -0.111. The van der Waals surface area contributed by atoms with Gasteiger partial charge in [0, 0.05) is 24.3 Å². The predicted octanol–water partition coefficient (Wildman–Crippen LogP) is 3.38. The van der Waals surface area contributed by atoms with Crippen molar-refractivity contribution in [2.75, 3.05) is 0 Å². The number of halogens is 3. The topological polar surface area (TPSA) is 43.1 Å². The maximum absolute atomic E-state index is 12.3. The Hall–Kier alpha value is -0.650. The molecule has 0 amide bonds. The summed E-state index contributed by atoms with van der Waals surface area (Å²) in [5.41, 5.74) is 6.38. The normalized spacial score (nSPS) is 11.5. The fourth-order valence-corrected chi connectivity index (χ4v) is 1.95. The molecule has 0 fully saturated rings. The third-order valence-corrected chi connectivity index (χ3v) is 3.13. The van der Waals surface area contributed by atoms with Gasteiger partial charge in [-0.3, -0.25) is 4.79 Å². The largest absolute Gasteiger partial charge is 0.326 e. The van der Waals surface area contributed by atoms with E-state index in [0.29, 0.717) is 11.4 Å². The number of alkyl halides is 3. The Bertz CT molecular complexity index is 378. The van der Waals surface area contributed by atoms with Gasteiger partial charge in [-0.2, -0.15) is 8.78 Å². The molecule has 0 radical (unpaired) electrons. The molecule has 0 aromatic heterocycles. The summed E-state index contributed by atoms with van der Waals surface area (Å²) < 4.78 is 24.6. The predicted molar refractivity (Wildman–Crippen MR) is 65.2 cm³/mol. The number of thioether (sulfide) groups is 1. The second-order valence-corrected chi connectivity index (χ2v) is 5.12. The molecule has 0 aliphatic heterocycles. The third kappa shape index (κ3) is 6.00. The molecule has 1 rings (SSSR count). The minimum Gasteiger partial charge on any atom is -0.326 e. The number of carbonyl (C=O) groups excluding carboxylic acids is 1. The van der Waals surface area contributed by atoms with Crippen molar-refractivity contribution in [3.05, 3.63) is 29.8 Å². The van der Waals surface area contributed by atoms with Crippen LogP contribution in [-0.2, 0) is 11.3 Å². The Morgan fingerprint density at radius 1 is 1.35 bits per heavy atom. The van der Waals surface area contributed by atoms with Gasteiger partial charge in [-0.1, -0.05) is 23.9 Å². The lowest BCUT2D eigenvalue weighted by atomic mass is 10.2. The van der Waals surface area contributed by atoms with Crippen molar-refractivity contribution in [3.63, 3.8) is 0 Å². The van der Waals surface area contributed by atoms with Crippen molar-refractivity contribution in [1.29, 1.82) is 0 Å². The van der Waals surface area contributed by atoms with Crippen molar-refractivity contribution < 1.29 is 13.6 Å². The molecule has 2 N–H and O–H groups in total. The molecule has 0 aliphatic carbocycles. The highest BCUT2D eigenvalue weighted by Gasteiger charge is 2.25. The third-order valence-electron chi connectivity index (χ3n) is 2.00. The van der Waals surface area contributed by atoms with E-state index in [9.17, 15) is 13.6 Å². The van der Waals surface area contributed by atoms with E-state index in [2.05, 4.69) is 0 Å². The molecule has 0 atom stereocenters. The van der Waals surface area contributed by atoms with Crippen LogP contribution in [0, 0.1) is 0 Å². The van der Waals surface area contributed by atoms with Gasteiger partial charge in [-0.05, 0) is 29.3 Å². The zero-order valence-electron chi connectivity index (χ0n) is 8.96. The average Bonchev–Trinajstić information content (AvgIpc) is 2.27. The maximum atomic E-state index is 12.3. The Morgan fingerprint density at radius 3 is 2.41 bits per heavy atom. The van der Waals surface area contributed by atoms with Crippen LogP contribution in [0.2, 0.25) is 0 Å². The van der Waals surface area contributed by atoms with Gasteiger partial charge in [-0.15, -0.1) is 0 Å². The van der Waals surface area contributed by atoms with Gasteiger partial charge in [-0.25, -0.2) is 0 Å². The van der Waals surface area contributed by atoms with Crippen molar-refractivity contribution in [2.45, 2.75) is 29.7 Å². The maximum Gasteiger partial charge on any atom is 0.322 e. The molecule has 94 valence electrons. The van der Waals surface area contributed by atoms with E-state index < -0.39 is 11.8 Å². The quantitative estimate of drug-likeness (QED) is 0.664. The minimum atomic E-state index is -3.31. The molecule has 0 saturated heterocycles. The molecule has 6 heteroatoms. The molecule has 0 heterocycles. The van der Waals surface area contributed by atoms with Crippen LogP contribution in [0.25, 0.3) is 0 Å². The number of rotatable bonds is 5. The van der Waals surface area contributed by atoms with E-state index in [1.807, 2.05) is 0 Å². The van der Waals surface area contributed by atoms with Gasteiger partial charge in [0.25, 0.3) is 0 Å². The van der Waals surface area contributed by atoms with Crippen molar-refractivity contribution in [3.8, 4) is 0 Å². The summed E-state index contributed by atoms with van der Waals surface area (Å²) in [6.45, 7) is 0.428. The Kier molecular flexibility index (Phi) is 5.36. The fourth-order valence-electron chi connectivity index (χ4n) is 1.12. The summed E-state index contributed by atoms with van der Waals surface area (Å²) in [6, 6.07) is 7.07. The first kappa shape index (κ1) is 14.4. The second kappa shape index (κ2) is 6.33. The summed E-state index contributed by atoms with van der Waals surface area (Å²) in [5, 5.41) is -3.63. The smallest absolute Gasteiger partial charge is 0.322 e. The Morgan fingerprint density at radius 2 is 1.94 bits per heavy atom. The molecule has 0 aliphatic rings. The van der Waals surface area contributed by atoms with Gasteiger partial charge in [0.15, 0.2) is 5.12 Å². The Balaban J connectivity index is 2.45. The van der Waals surface area contributed by atoms with Crippen LogP contribution in [0.3, 0.4) is 0 Å². The highest BCUT2D eigenvalue weighted by molar-refractivity contribution is 8.13. The first-order chi connectivity index (χ1) is 7.90. The molecular weight excluding hydrogens is 268 g/mol. The Labute approximate surface area is 108 Å². The molecule has 17 heavy (non-hydrogen) atoms. The van der Waals surface area contributed by atoms with E-state index in [1.54, 1.807) is 24.3 Å². The van der Waals surface area contributed by atoms with E-state index in [0.717, 1.165) is 17.3 Å². The molecule has 1 aromatic rings. The monoisotopic (exact) mass is 279 g/mol. The van der Waals surface area contributed by atoms with Gasteiger partial charge < -0.3 is 5.73 Å². The second-order valence-electron chi connectivity index (χ2n) is 3.44. The molecule has 2 nitrogen and oxygen atoms in total. The van der Waals surface area contributed by atoms with Gasteiger partial charge in [0.05, 0.1) is 0 Å². The summed E-state index contributed by atoms with van der Waals surface area (Å²) >= 11 is 5.64. The molecule has 0 bridgehead atoms.